The SMILES string of the molecule is CC(C)CN[C@@H]1C(=O)[C@]2(C)CC[C@H]1C2(C)C. The smallest absolute Gasteiger partial charge is 0.156 e. The van der Waals surface area contributed by atoms with Gasteiger partial charge in [-0.1, -0.05) is 34.6 Å². The van der Waals surface area contributed by atoms with Crippen LogP contribution in [0.4, 0.5) is 0 Å². The molecule has 2 saturated carbocycles. The highest BCUT2D eigenvalue weighted by Crippen LogP contribution is 2.63. The summed E-state index contributed by atoms with van der Waals surface area (Å²) in [5.41, 5.74) is 0.102. The number of carbonyl (C=O) groups is 1. The molecule has 0 aliphatic heterocycles. The van der Waals surface area contributed by atoms with Gasteiger partial charge in [-0.15, -0.1) is 0 Å². The Balaban J connectivity index is 2.17. The van der Waals surface area contributed by atoms with Gasteiger partial charge in [0.2, 0.25) is 0 Å². The molecule has 2 bridgehead atoms. The fourth-order valence-electron chi connectivity index (χ4n) is 3.68. The number of hydrogen-bond donors (Lipinski definition) is 1. The zero-order valence-corrected chi connectivity index (χ0v) is 11.3. The van der Waals surface area contributed by atoms with Crippen LogP contribution >= 0.6 is 0 Å². The van der Waals surface area contributed by atoms with Crippen LogP contribution in [0.25, 0.3) is 0 Å². The first kappa shape index (κ1) is 12.1. The lowest BCUT2D eigenvalue weighted by atomic mass is 9.70. The van der Waals surface area contributed by atoms with E-state index in [9.17, 15) is 4.79 Å². The number of nitrogens with one attached hydrogen (secondary N) is 1. The maximum Gasteiger partial charge on any atom is 0.156 e. The number of ketones is 1. The Labute approximate surface area is 99.2 Å². The average molecular weight is 223 g/mol. The molecule has 0 saturated heterocycles. The third kappa shape index (κ3) is 1.38. The molecule has 16 heavy (non-hydrogen) atoms. The Morgan fingerprint density at radius 3 is 2.44 bits per heavy atom. The third-order valence-electron chi connectivity index (χ3n) is 5.28. The first-order chi connectivity index (χ1) is 7.30. The van der Waals surface area contributed by atoms with Gasteiger partial charge in [0.25, 0.3) is 0 Å². The molecule has 2 rings (SSSR count). The number of carbonyl (C=O) groups excluding carboxylic acids is 1. The summed E-state index contributed by atoms with van der Waals surface area (Å²) in [4.78, 5) is 12.5. The molecule has 0 heterocycles. The highest BCUT2D eigenvalue weighted by atomic mass is 16.1. The molecule has 2 nitrogen and oxygen atoms in total. The van der Waals surface area contributed by atoms with Crippen LogP contribution in [0.3, 0.4) is 0 Å². The fourth-order valence-corrected chi connectivity index (χ4v) is 3.68. The van der Waals surface area contributed by atoms with Crippen LogP contribution in [-0.4, -0.2) is 18.4 Å². The number of rotatable bonds is 3. The molecular formula is C14H25NO. The Morgan fingerprint density at radius 1 is 1.38 bits per heavy atom. The molecule has 1 N–H and O–H groups in total. The minimum absolute atomic E-state index is 0.0771. The van der Waals surface area contributed by atoms with Gasteiger partial charge in [-0.25, -0.2) is 0 Å². The molecule has 0 aromatic rings. The van der Waals surface area contributed by atoms with E-state index in [0.29, 0.717) is 17.6 Å². The lowest BCUT2D eigenvalue weighted by Gasteiger charge is -2.32. The van der Waals surface area contributed by atoms with Crippen molar-refractivity contribution in [2.24, 2.45) is 22.7 Å². The summed E-state index contributed by atoms with van der Waals surface area (Å²) in [6.07, 6.45) is 2.30. The van der Waals surface area contributed by atoms with E-state index in [2.05, 4.69) is 39.9 Å². The maximum absolute atomic E-state index is 12.5. The van der Waals surface area contributed by atoms with Gasteiger partial charge in [0, 0.05) is 5.41 Å². The Kier molecular flexibility index (Phi) is 2.69. The standard InChI is InChI=1S/C14H25NO/c1-9(2)8-15-11-10-6-7-14(5,12(11)16)13(10,3)4/h9-11,15H,6-8H2,1-5H3/t10-,11+,14+/m1/s1. The van der Waals surface area contributed by atoms with Gasteiger partial charge in [-0.2, -0.15) is 0 Å². The van der Waals surface area contributed by atoms with Gasteiger partial charge < -0.3 is 5.32 Å². The van der Waals surface area contributed by atoms with Crippen molar-refractivity contribution in [2.75, 3.05) is 6.54 Å². The second kappa shape index (κ2) is 3.56. The molecule has 0 unspecified atom stereocenters. The zero-order valence-electron chi connectivity index (χ0n) is 11.3. The normalized spacial score (nSPS) is 41.0. The van der Waals surface area contributed by atoms with Crippen molar-refractivity contribution < 1.29 is 4.79 Å². The van der Waals surface area contributed by atoms with E-state index >= 15 is 0 Å². The highest BCUT2D eigenvalue weighted by Gasteiger charge is 2.65. The highest BCUT2D eigenvalue weighted by molar-refractivity contribution is 5.94. The zero-order chi connectivity index (χ0) is 12.1. The predicted octanol–water partition coefficient (Wildman–Crippen LogP) is 2.63. The van der Waals surface area contributed by atoms with E-state index < -0.39 is 0 Å². The molecule has 0 radical (unpaired) electrons. The number of fused-ring (bicyclic) bond motifs is 2. The lowest BCUT2D eigenvalue weighted by molar-refractivity contribution is -0.130. The van der Waals surface area contributed by atoms with Gasteiger partial charge in [-0.3, -0.25) is 4.79 Å². The van der Waals surface area contributed by atoms with Crippen molar-refractivity contribution in [3.8, 4) is 0 Å². The fraction of sp³-hybridized carbons (Fsp3) is 0.929. The van der Waals surface area contributed by atoms with E-state index in [1.807, 2.05) is 0 Å². The first-order valence-electron chi connectivity index (χ1n) is 6.58. The predicted molar refractivity (Wildman–Crippen MR) is 66.2 cm³/mol. The summed E-state index contributed by atoms with van der Waals surface area (Å²) in [7, 11) is 0. The summed E-state index contributed by atoms with van der Waals surface area (Å²) >= 11 is 0. The summed E-state index contributed by atoms with van der Waals surface area (Å²) in [5, 5.41) is 3.49. The van der Waals surface area contributed by atoms with Crippen molar-refractivity contribution in [3.63, 3.8) is 0 Å². The molecule has 0 aromatic heterocycles. The van der Waals surface area contributed by atoms with E-state index in [-0.39, 0.29) is 16.9 Å². The first-order valence-corrected chi connectivity index (χ1v) is 6.58. The maximum atomic E-state index is 12.5. The van der Waals surface area contributed by atoms with Crippen LogP contribution in [0.1, 0.15) is 47.5 Å². The minimum atomic E-state index is -0.0771. The molecule has 92 valence electrons. The molecule has 0 spiro atoms. The molecule has 2 heteroatoms. The Hall–Kier alpha value is -0.370. The molecule has 0 aromatic carbocycles. The summed E-state index contributed by atoms with van der Waals surface area (Å²) in [6, 6.07) is 0.121. The van der Waals surface area contributed by atoms with Crippen LogP contribution in [0.2, 0.25) is 0 Å². The Bertz CT molecular complexity index is 308. The van der Waals surface area contributed by atoms with E-state index in [1.165, 1.54) is 6.42 Å². The van der Waals surface area contributed by atoms with Crippen LogP contribution in [0.15, 0.2) is 0 Å². The molecule has 2 fully saturated rings. The van der Waals surface area contributed by atoms with E-state index in [0.717, 1.165) is 13.0 Å². The van der Waals surface area contributed by atoms with Crippen molar-refractivity contribution in [1.29, 1.82) is 0 Å². The summed E-state index contributed by atoms with van der Waals surface area (Å²) in [5.74, 6) is 1.63. The van der Waals surface area contributed by atoms with Gasteiger partial charge >= 0.3 is 0 Å². The second-order valence-electron chi connectivity index (χ2n) is 6.84. The summed E-state index contributed by atoms with van der Waals surface area (Å²) in [6.45, 7) is 12.1. The monoisotopic (exact) mass is 223 g/mol. The lowest BCUT2D eigenvalue weighted by Crippen LogP contribution is -2.44. The van der Waals surface area contributed by atoms with Gasteiger partial charge in [-0.05, 0) is 36.6 Å². The van der Waals surface area contributed by atoms with Crippen molar-refractivity contribution >= 4 is 5.78 Å². The molecule has 2 aliphatic rings. The average Bonchev–Trinajstić information content (AvgIpc) is 2.47. The largest absolute Gasteiger partial charge is 0.307 e. The van der Waals surface area contributed by atoms with Crippen LogP contribution in [-0.2, 0) is 4.79 Å². The third-order valence-corrected chi connectivity index (χ3v) is 5.28. The molecular weight excluding hydrogens is 198 g/mol. The van der Waals surface area contributed by atoms with Gasteiger partial charge in [0.05, 0.1) is 6.04 Å². The Morgan fingerprint density at radius 2 is 2.00 bits per heavy atom. The van der Waals surface area contributed by atoms with Gasteiger partial charge in [0.1, 0.15) is 0 Å². The quantitative estimate of drug-likeness (QED) is 0.797. The van der Waals surface area contributed by atoms with Crippen LogP contribution in [0.5, 0.6) is 0 Å². The second-order valence-corrected chi connectivity index (χ2v) is 6.84. The molecule has 2 aliphatic carbocycles. The van der Waals surface area contributed by atoms with Gasteiger partial charge in [0.15, 0.2) is 5.78 Å². The molecule has 0 amide bonds. The van der Waals surface area contributed by atoms with Crippen LogP contribution < -0.4 is 5.32 Å². The molecule has 3 atom stereocenters. The van der Waals surface area contributed by atoms with Crippen molar-refractivity contribution in [1.82, 2.24) is 5.32 Å². The number of Topliss-reactive ketones (excluding diaryl/α,β-unsaturated/α-hetero) is 1. The van der Waals surface area contributed by atoms with Crippen molar-refractivity contribution in [3.05, 3.63) is 0 Å². The van der Waals surface area contributed by atoms with E-state index in [4.69, 9.17) is 0 Å². The van der Waals surface area contributed by atoms with E-state index in [1.54, 1.807) is 0 Å². The van der Waals surface area contributed by atoms with Crippen LogP contribution in [0, 0.1) is 22.7 Å². The topological polar surface area (TPSA) is 29.1 Å². The minimum Gasteiger partial charge on any atom is -0.307 e. The number of hydrogen-bond acceptors (Lipinski definition) is 2. The summed E-state index contributed by atoms with van der Waals surface area (Å²) < 4.78 is 0. The van der Waals surface area contributed by atoms with Crippen molar-refractivity contribution in [2.45, 2.75) is 53.5 Å².